The Labute approximate surface area is 116 Å². The summed E-state index contributed by atoms with van der Waals surface area (Å²) in [5.41, 5.74) is 8.45. The molecule has 1 aliphatic rings. The van der Waals surface area contributed by atoms with Gasteiger partial charge in [0.15, 0.2) is 0 Å². The number of imide groups is 1. The highest BCUT2D eigenvalue weighted by Gasteiger charge is 2.34. The minimum absolute atomic E-state index is 0.233. The Morgan fingerprint density at radius 1 is 0.850 bits per heavy atom. The van der Waals surface area contributed by atoms with Crippen molar-refractivity contribution in [1.82, 2.24) is 4.90 Å². The zero-order chi connectivity index (χ0) is 14.1. The third kappa shape index (κ3) is 2.00. The fourth-order valence-electron chi connectivity index (χ4n) is 2.42. The molecular formula is C16H14N2O2. The van der Waals surface area contributed by atoms with Gasteiger partial charge in [0.2, 0.25) is 0 Å². The molecule has 20 heavy (non-hydrogen) atoms. The predicted molar refractivity (Wildman–Crippen MR) is 75.0 cm³/mol. The van der Waals surface area contributed by atoms with Gasteiger partial charge >= 0.3 is 0 Å². The molecule has 4 heteroatoms. The molecule has 0 fully saturated rings. The molecule has 4 nitrogen and oxygen atoms in total. The van der Waals surface area contributed by atoms with Gasteiger partial charge in [-0.2, -0.15) is 0 Å². The lowest BCUT2D eigenvalue weighted by atomic mass is 10.1. The topological polar surface area (TPSA) is 63.4 Å². The van der Waals surface area contributed by atoms with E-state index in [1.807, 2.05) is 24.3 Å². The van der Waals surface area contributed by atoms with Crippen molar-refractivity contribution in [3.05, 3.63) is 70.8 Å². The largest absolute Gasteiger partial charge is 0.326 e. The van der Waals surface area contributed by atoms with Crippen molar-refractivity contribution in [3.8, 4) is 0 Å². The third-order valence-electron chi connectivity index (χ3n) is 3.45. The van der Waals surface area contributed by atoms with Gasteiger partial charge in [0.05, 0.1) is 17.7 Å². The first-order chi connectivity index (χ1) is 9.70. The van der Waals surface area contributed by atoms with E-state index in [-0.39, 0.29) is 18.4 Å². The Hall–Kier alpha value is -2.46. The molecule has 2 aromatic carbocycles. The number of carbonyl (C=O) groups is 2. The van der Waals surface area contributed by atoms with Crippen LogP contribution in [0.2, 0.25) is 0 Å². The summed E-state index contributed by atoms with van der Waals surface area (Å²) >= 11 is 0. The van der Waals surface area contributed by atoms with Crippen LogP contribution in [0.25, 0.3) is 0 Å². The average molecular weight is 266 g/mol. The summed E-state index contributed by atoms with van der Waals surface area (Å²) in [6, 6.07) is 14.5. The molecule has 100 valence electrons. The highest BCUT2D eigenvalue weighted by molar-refractivity contribution is 6.21. The summed E-state index contributed by atoms with van der Waals surface area (Å²) in [6.07, 6.45) is 0. The Balaban J connectivity index is 1.89. The Morgan fingerprint density at radius 3 is 2.05 bits per heavy atom. The highest BCUT2D eigenvalue weighted by atomic mass is 16.2. The van der Waals surface area contributed by atoms with Crippen molar-refractivity contribution in [2.75, 3.05) is 0 Å². The summed E-state index contributed by atoms with van der Waals surface area (Å²) in [5.74, 6) is -0.465. The number of hydrogen-bond acceptors (Lipinski definition) is 3. The fraction of sp³-hybridized carbons (Fsp3) is 0.125. The molecule has 1 aliphatic heterocycles. The molecule has 1 heterocycles. The van der Waals surface area contributed by atoms with E-state index in [4.69, 9.17) is 5.73 Å². The molecule has 0 saturated carbocycles. The highest BCUT2D eigenvalue weighted by Crippen LogP contribution is 2.24. The summed E-state index contributed by atoms with van der Waals surface area (Å²) in [6.45, 7) is 0.718. The number of benzene rings is 2. The first-order valence-corrected chi connectivity index (χ1v) is 6.44. The Bertz CT molecular complexity index is 659. The van der Waals surface area contributed by atoms with E-state index in [1.165, 1.54) is 4.90 Å². The molecule has 0 bridgehead atoms. The van der Waals surface area contributed by atoms with Gasteiger partial charge in [-0.1, -0.05) is 36.4 Å². The van der Waals surface area contributed by atoms with Gasteiger partial charge in [-0.05, 0) is 23.3 Å². The van der Waals surface area contributed by atoms with Crippen LogP contribution in [-0.4, -0.2) is 16.7 Å². The van der Waals surface area contributed by atoms with Crippen LogP contribution in [0, 0.1) is 0 Å². The van der Waals surface area contributed by atoms with Crippen LogP contribution in [0.5, 0.6) is 0 Å². The lowest BCUT2D eigenvalue weighted by Crippen LogP contribution is -2.29. The van der Waals surface area contributed by atoms with Crippen LogP contribution in [0.1, 0.15) is 31.8 Å². The summed E-state index contributed by atoms with van der Waals surface area (Å²) in [7, 11) is 0. The molecule has 0 saturated heterocycles. The van der Waals surface area contributed by atoms with E-state index in [1.54, 1.807) is 24.3 Å². The third-order valence-corrected chi connectivity index (χ3v) is 3.45. The molecule has 0 spiro atoms. The van der Waals surface area contributed by atoms with E-state index < -0.39 is 0 Å². The standard InChI is InChI=1S/C16H14N2O2/c17-9-11-4-3-5-12(8-11)10-18-15(19)13-6-1-2-7-14(13)16(18)20/h1-8H,9-10,17H2. The summed E-state index contributed by atoms with van der Waals surface area (Å²) in [5, 5.41) is 0. The molecule has 3 rings (SSSR count). The number of carbonyl (C=O) groups excluding carboxylic acids is 2. The molecule has 0 unspecified atom stereocenters. The lowest BCUT2D eigenvalue weighted by molar-refractivity contribution is 0.0642. The molecular weight excluding hydrogens is 252 g/mol. The van der Waals surface area contributed by atoms with Gasteiger partial charge in [-0.25, -0.2) is 0 Å². The summed E-state index contributed by atoms with van der Waals surface area (Å²) < 4.78 is 0. The van der Waals surface area contributed by atoms with Crippen LogP contribution in [0.3, 0.4) is 0 Å². The van der Waals surface area contributed by atoms with Crippen molar-refractivity contribution >= 4 is 11.8 Å². The van der Waals surface area contributed by atoms with Crippen LogP contribution in [0.4, 0.5) is 0 Å². The fourth-order valence-corrected chi connectivity index (χ4v) is 2.42. The Kier molecular flexibility index (Phi) is 3.08. The maximum atomic E-state index is 12.2. The van der Waals surface area contributed by atoms with Gasteiger partial charge in [0.25, 0.3) is 11.8 Å². The first kappa shape index (κ1) is 12.6. The zero-order valence-electron chi connectivity index (χ0n) is 10.9. The maximum Gasteiger partial charge on any atom is 0.261 e. The van der Waals surface area contributed by atoms with Crippen LogP contribution in [-0.2, 0) is 13.1 Å². The molecule has 0 aromatic heterocycles. The van der Waals surface area contributed by atoms with Crippen molar-refractivity contribution in [2.24, 2.45) is 5.73 Å². The van der Waals surface area contributed by atoms with E-state index >= 15 is 0 Å². The van der Waals surface area contributed by atoms with Crippen LogP contribution in [0.15, 0.2) is 48.5 Å². The second-order valence-corrected chi connectivity index (χ2v) is 4.77. The molecule has 2 amide bonds. The predicted octanol–water partition coefficient (Wildman–Crippen LogP) is 1.94. The second-order valence-electron chi connectivity index (χ2n) is 4.77. The minimum Gasteiger partial charge on any atom is -0.326 e. The second kappa shape index (κ2) is 4.90. The number of hydrogen-bond donors (Lipinski definition) is 1. The molecule has 2 N–H and O–H groups in total. The van der Waals surface area contributed by atoms with E-state index in [0.717, 1.165) is 11.1 Å². The average Bonchev–Trinajstić information content (AvgIpc) is 2.73. The van der Waals surface area contributed by atoms with Crippen molar-refractivity contribution in [2.45, 2.75) is 13.1 Å². The van der Waals surface area contributed by atoms with Crippen LogP contribution >= 0.6 is 0 Å². The van der Waals surface area contributed by atoms with Gasteiger partial charge < -0.3 is 5.73 Å². The van der Waals surface area contributed by atoms with Crippen molar-refractivity contribution < 1.29 is 9.59 Å². The van der Waals surface area contributed by atoms with Gasteiger partial charge in [-0.15, -0.1) is 0 Å². The van der Waals surface area contributed by atoms with E-state index in [9.17, 15) is 9.59 Å². The normalized spacial score (nSPS) is 13.8. The van der Waals surface area contributed by atoms with E-state index in [0.29, 0.717) is 17.7 Å². The molecule has 0 atom stereocenters. The van der Waals surface area contributed by atoms with Gasteiger partial charge in [0.1, 0.15) is 0 Å². The zero-order valence-corrected chi connectivity index (χ0v) is 10.9. The number of rotatable bonds is 3. The van der Waals surface area contributed by atoms with Gasteiger partial charge in [0, 0.05) is 6.54 Å². The SMILES string of the molecule is NCc1cccc(CN2C(=O)c3ccccc3C2=O)c1. The number of nitrogens with two attached hydrogens (primary N) is 1. The first-order valence-electron chi connectivity index (χ1n) is 6.44. The van der Waals surface area contributed by atoms with Crippen molar-refractivity contribution in [1.29, 1.82) is 0 Å². The molecule has 0 radical (unpaired) electrons. The molecule has 2 aromatic rings. The quantitative estimate of drug-likeness (QED) is 0.863. The van der Waals surface area contributed by atoms with Crippen LogP contribution < -0.4 is 5.73 Å². The maximum absolute atomic E-state index is 12.2. The Morgan fingerprint density at radius 2 is 1.45 bits per heavy atom. The van der Waals surface area contributed by atoms with Gasteiger partial charge in [-0.3, -0.25) is 14.5 Å². The molecule has 0 aliphatic carbocycles. The smallest absolute Gasteiger partial charge is 0.261 e. The lowest BCUT2D eigenvalue weighted by Gasteiger charge is -2.14. The monoisotopic (exact) mass is 266 g/mol. The summed E-state index contributed by atoms with van der Waals surface area (Å²) in [4.78, 5) is 25.8. The number of nitrogens with zero attached hydrogens (tertiary/aromatic N) is 1. The van der Waals surface area contributed by atoms with Crippen molar-refractivity contribution in [3.63, 3.8) is 0 Å². The minimum atomic E-state index is -0.233. The van der Waals surface area contributed by atoms with E-state index in [2.05, 4.69) is 0 Å². The number of fused-ring (bicyclic) bond motifs is 1. The number of amides is 2.